The number of aromatic nitrogens is 2. The summed E-state index contributed by atoms with van der Waals surface area (Å²) in [5.74, 6) is -0.906. The minimum atomic E-state index is -1.05. The number of hydrogen-bond acceptors (Lipinski definition) is 4. The Balaban J connectivity index is 1.97. The number of carboxylic acid groups (broad SMARTS) is 1. The van der Waals surface area contributed by atoms with E-state index in [1.54, 1.807) is 12.3 Å². The summed E-state index contributed by atoms with van der Waals surface area (Å²) in [6.07, 6.45) is 3.82. The van der Waals surface area contributed by atoms with Gasteiger partial charge in [0.15, 0.2) is 0 Å². The van der Waals surface area contributed by atoms with Gasteiger partial charge < -0.3 is 9.84 Å². The largest absolute Gasteiger partial charge is 0.477 e. The van der Waals surface area contributed by atoms with Gasteiger partial charge in [-0.3, -0.25) is 4.98 Å². The molecule has 0 fully saturated rings. The highest BCUT2D eigenvalue weighted by Crippen LogP contribution is 2.14. The zero-order valence-electron chi connectivity index (χ0n) is 9.61. The van der Waals surface area contributed by atoms with Crippen molar-refractivity contribution in [3.63, 3.8) is 0 Å². The van der Waals surface area contributed by atoms with E-state index in [1.807, 2.05) is 18.2 Å². The van der Waals surface area contributed by atoms with E-state index in [-0.39, 0.29) is 11.4 Å². The molecule has 18 heavy (non-hydrogen) atoms. The monoisotopic (exact) mass is 244 g/mol. The zero-order valence-corrected chi connectivity index (χ0v) is 9.61. The van der Waals surface area contributed by atoms with Gasteiger partial charge in [0.25, 0.3) is 0 Å². The van der Waals surface area contributed by atoms with Gasteiger partial charge in [-0.1, -0.05) is 6.07 Å². The van der Waals surface area contributed by atoms with Crippen LogP contribution in [0.5, 0.6) is 5.88 Å². The lowest BCUT2D eigenvalue weighted by Gasteiger charge is -2.07. The second-order valence-corrected chi connectivity index (χ2v) is 3.58. The highest BCUT2D eigenvalue weighted by Gasteiger charge is 2.11. The number of ether oxygens (including phenoxy) is 1. The predicted molar refractivity (Wildman–Crippen MR) is 64.6 cm³/mol. The SMILES string of the molecule is O=C(O)c1cccnc1OCCc1ccccn1. The molecule has 2 heterocycles. The number of pyridine rings is 2. The molecule has 0 aliphatic carbocycles. The van der Waals surface area contributed by atoms with Gasteiger partial charge in [0, 0.05) is 24.5 Å². The number of carbonyl (C=O) groups is 1. The van der Waals surface area contributed by atoms with Crippen LogP contribution in [0.15, 0.2) is 42.7 Å². The first-order valence-corrected chi connectivity index (χ1v) is 5.48. The van der Waals surface area contributed by atoms with Gasteiger partial charge in [0.05, 0.1) is 6.61 Å². The average Bonchev–Trinajstić information content (AvgIpc) is 2.40. The molecule has 5 heteroatoms. The van der Waals surface area contributed by atoms with Crippen molar-refractivity contribution in [2.75, 3.05) is 6.61 Å². The lowest BCUT2D eigenvalue weighted by atomic mass is 10.2. The van der Waals surface area contributed by atoms with Crippen LogP contribution >= 0.6 is 0 Å². The van der Waals surface area contributed by atoms with Crippen LogP contribution in [0, 0.1) is 0 Å². The van der Waals surface area contributed by atoms with E-state index in [2.05, 4.69) is 9.97 Å². The van der Waals surface area contributed by atoms with Crippen LogP contribution in [-0.2, 0) is 6.42 Å². The first-order valence-electron chi connectivity index (χ1n) is 5.48. The Morgan fingerprint density at radius 3 is 2.72 bits per heavy atom. The Morgan fingerprint density at radius 1 is 1.17 bits per heavy atom. The maximum absolute atomic E-state index is 10.9. The van der Waals surface area contributed by atoms with E-state index in [4.69, 9.17) is 9.84 Å². The second-order valence-electron chi connectivity index (χ2n) is 3.58. The number of hydrogen-bond donors (Lipinski definition) is 1. The molecule has 0 saturated carbocycles. The fraction of sp³-hybridized carbons (Fsp3) is 0.154. The fourth-order valence-electron chi connectivity index (χ4n) is 1.47. The third-order valence-electron chi connectivity index (χ3n) is 2.32. The number of rotatable bonds is 5. The molecule has 0 unspecified atom stereocenters. The molecule has 0 saturated heterocycles. The lowest BCUT2D eigenvalue weighted by molar-refractivity contribution is 0.0691. The molecule has 0 aliphatic heterocycles. The standard InChI is InChI=1S/C13H12N2O3/c16-13(17)11-5-3-8-15-12(11)18-9-6-10-4-1-2-7-14-10/h1-5,7-8H,6,9H2,(H,16,17). The molecule has 2 rings (SSSR count). The summed E-state index contributed by atoms with van der Waals surface area (Å²) >= 11 is 0. The van der Waals surface area contributed by atoms with E-state index < -0.39 is 5.97 Å². The van der Waals surface area contributed by atoms with Gasteiger partial charge in [-0.15, -0.1) is 0 Å². The Labute approximate surface area is 104 Å². The van der Waals surface area contributed by atoms with Crippen LogP contribution in [0.1, 0.15) is 16.1 Å². The summed E-state index contributed by atoms with van der Waals surface area (Å²) < 4.78 is 5.37. The predicted octanol–water partition coefficient (Wildman–Crippen LogP) is 1.80. The third-order valence-corrected chi connectivity index (χ3v) is 2.32. The van der Waals surface area contributed by atoms with Gasteiger partial charge in [-0.2, -0.15) is 0 Å². The van der Waals surface area contributed by atoms with Crippen LogP contribution in [0.4, 0.5) is 0 Å². The molecule has 1 N–H and O–H groups in total. The van der Waals surface area contributed by atoms with Crippen molar-refractivity contribution in [1.29, 1.82) is 0 Å². The summed E-state index contributed by atoms with van der Waals surface area (Å²) in [5.41, 5.74) is 0.962. The summed E-state index contributed by atoms with van der Waals surface area (Å²) in [7, 11) is 0. The Hall–Kier alpha value is -2.43. The summed E-state index contributed by atoms with van der Waals surface area (Å²) in [4.78, 5) is 19.0. The number of aromatic carboxylic acids is 1. The lowest BCUT2D eigenvalue weighted by Crippen LogP contribution is -2.08. The first kappa shape index (κ1) is 12.0. The average molecular weight is 244 g/mol. The quantitative estimate of drug-likeness (QED) is 0.868. The Morgan fingerprint density at radius 2 is 2.00 bits per heavy atom. The van der Waals surface area contributed by atoms with Crippen LogP contribution in [-0.4, -0.2) is 27.7 Å². The van der Waals surface area contributed by atoms with Crippen molar-refractivity contribution < 1.29 is 14.6 Å². The van der Waals surface area contributed by atoms with Crippen LogP contribution in [0.25, 0.3) is 0 Å². The first-order chi connectivity index (χ1) is 8.77. The van der Waals surface area contributed by atoms with Crippen molar-refractivity contribution in [2.24, 2.45) is 0 Å². The minimum absolute atomic E-state index is 0.0681. The number of nitrogens with zero attached hydrogens (tertiary/aromatic N) is 2. The Bertz CT molecular complexity index is 529. The van der Waals surface area contributed by atoms with E-state index in [0.717, 1.165) is 5.69 Å². The van der Waals surface area contributed by atoms with Gasteiger partial charge in [0.1, 0.15) is 5.56 Å². The smallest absolute Gasteiger partial charge is 0.341 e. The highest BCUT2D eigenvalue weighted by atomic mass is 16.5. The molecule has 92 valence electrons. The van der Waals surface area contributed by atoms with Crippen LogP contribution in [0.2, 0.25) is 0 Å². The highest BCUT2D eigenvalue weighted by molar-refractivity contribution is 5.90. The van der Waals surface area contributed by atoms with Crippen LogP contribution in [0.3, 0.4) is 0 Å². The molecule has 0 aromatic carbocycles. The Kier molecular flexibility index (Phi) is 3.86. The van der Waals surface area contributed by atoms with Crippen molar-refractivity contribution in [2.45, 2.75) is 6.42 Å². The van der Waals surface area contributed by atoms with Crippen molar-refractivity contribution >= 4 is 5.97 Å². The van der Waals surface area contributed by atoms with Gasteiger partial charge >= 0.3 is 5.97 Å². The molecule has 0 amide bonds. The fourth-order valence-corrected chi connectivity index (χ4v) is 1.47. The zero-order chi connectivity index (χ0) is 12.8. The topological polar surface area (TPSA) is 72.3 Å². The molecular formula is C13H12N2O3. The molecule has 0 atom stereocenters. The van der Waals surface area contributed by atoms with Crippen molar-refractivity contribution in [3.8, 4) is 5.88 Å². The molecule has 5 nitrogen and oxygen atoms in total. The molecule has 2 aromatic rings. The minimum Gasteiger partial charge on any atom is -0.477 e. The molecule has 2 aromatic heterocycles. The van der Waals surface area contributed by atoms with E-state index in [1.165, 1.54) is 12.3 Å². The third kappa shape index (κ3) is 3.04. The summed E-state index contributed by atoms with van der Waals surface area (Å²) in [6, 6.07) is 8.65. The van der Waals surface area contributed by atoms with Crippen molar-refractivity contribution in [1.82, 2.24) is 9.97 Å². The number of carboxylic acids is 1. The summed E-state index contributed by atoms with van der Waals surface area (Å²) in [6.45, 7) is 0.342. The van der Waals surface area contributed by atoms with Crippen molar-refractivity contribution in [3.05, 3.63) is 54.0 Å². The van der Waals surface area contributed by atoms with Gasteiger partial charge in [-0.05, 0) is 24.3 Å². The maximum Gasteiger partial charge on any atom is 0.341 e. The second kappa shape index (κ2) is 5.77. The van der Waals surface area contributed by atoms with Gasteiger partial charge in [-0.25, -0.2) is 9.78 Å². The molecule has 0 bridgehead atoms. The van der Waals surface area contributed by atoms with Gasteiger partial charge in [0.2, 0.25) is 5.88 Å². The van der Waals surface area contributed by atoms with Crippen LogP contribution < -0.4 is 4.74 Å². The van der Waals surface area contributed by atoms with E-state index in [9.17, 15) is 4.79 Å². The van der Waals surface area contributed by atoms with E-state index in [0.29, 0.717) is 13.0 Å². The molecule has 0 radical (unpaired) electrons. The molecule has 0 spiro atoms. The van der Waals surface area contributed by atoms with E-state index >= 15 is 0 Å². The maximum atomic E-state index is 10.9. The molecular weight excluding hydrogens is 232 g/mol. The summed E-state index contributed by atoms with van der Waals surface area (Å²) in [5, 5.41) is 8.95. The normalized spacial score (nSPS) is 10.0. The molecule has 0 aliphatic rings.